The van der Waals surface area contributed by atoms with Crippen LogP contribution < -0.4 is 0 Å². The van der Waals surface area contributed by atoms with Crippen LogP contribution in [0.2, 0.25) is 0 Å². The molecule has 0 amide bonds. The number of nitriles is 1. The number of hydrogen-bond acceptors (Lipinski definition) is 1. The van der Waals surface area contributed by atoms with Gasteiger partial charge in [0.15, 0.2) is 0 Å². The van der Waals surface area contributed by atoms with E-state index in [2.05, 4.69) is 50.5 Å². The topological polar surface area (TPSA) is 23.8 Å². The van der Waals surface area contributed by atoms with Crippen molar-refractivity contribution in [1.82, 2.24) is 0 Å². The highest BCUT2D eigenvalue weighted by Crippen LogP contribution is 2.31. The Morgan fingerprint density at radius 1 is 1.35 bits per heavy atom. The Balaban J connectivity index is 3.27. The molecule has 0 heterocycles. The van der Waals surface area contributed by atoms with Gasteiger partial charge in [0, 0.05) is 0 Å². The number of hydrogen-bond donors (Lipinski definition) is 0. The molecule has 1 unspecified atom stereocenters. The third-order valence-electron chi connectivity index (χ3n) is 3.46. The van der Waals surface area contributed by atoms with Gasteiger partial charge in [0.1, 0.15) is 0 Å². The summed E-state index contributed by atoms with van der Waals surface area (Å²) in [6.45, 7) is 16.2. The Hall–Kier alpha value is -2.07. The molecule has 0 spiro atoms. The third kappa shape index (κ3) is 3.71. The van der Waals surface area contributed by atoms with Gasteiger partial charge in [-0.3, -0.25) is 0 Å². The van der Waals surface area contributed by atoms with Crippen molar-refractivity contribution in [3.63, 3.8) is 0 Å². The van der Waals surface area contributed by atoms with Gasteiger partial charge in [-0.25, -0.2) is 0 Å². The van der Waals surface area contributed by atoms with Gasteiger partial charge in [0.05, 0.1) is 11.6 Å². The summed E-state index contributed by atoms with van der Waals surface area (Å²) in [4.78, 5) is 0. The van der Waals surface area contributed by atoms with E-state index in [1.54, 1.807) is 0 Å². The predicted octanol–water partition coefficient (Wildman–Crippen LogP) is 5.43. The summed E-state index contributed by atoms with van der Waals surface area (Å²) in [5, 5.41) is 9.23. The average Bonchev–Trinajstić information content (AvgIpc) is 2.89. The quantitative estimate of drug-likeness (QED) is 0.480. The summed E-state index contributed by atoms with van der Waals surface area (Å²) in [7, 11) is 0. The molecule has 0 saturated carbocycles. The van der Waals surface area contributed by atoms with Crippen molar-refractivity contribution in [2.75, 3.05) is 0 Å². The van der Waals surface area contributed by atoms with Crippen molar-refractivity contribution in [1.29, 1.82) is 5.26 Å². The second kappa shape index (κ2) is 6.91. The SMILES string of the molecule is C=C(C)C(=C(C)C)/C(=C\C(C)C1=CC=CC1)C(=C)C#N. The largest absolute Gasteiger partial charge is 0.192 e. The summed E-state index contributed by atoms with van der Waals surface area (Å²) >= 11 is 0. The molecule has 1 atom stereocenters. The first-order valence-corrected chi connectivity index (χ1v) is 6.89. The molecule has 1 aliphatic carbocycles. The van der Waals surface area contributed by atoms with Crippen molar-refractivity contribution in [2.24, 2.45) is 5.92 Å². The number of allylic oxidation sites excluding steroid dienone is 10. The van der Waals surface area contributed by atoms with Gasteiger partial charge in [0.25, 0.3) is 0 Å². The zero-order chi connectivity index (χ0) is 15.3. The van der Waals surface area contributed by atoms with E-state index in [0.717, 1.165) is 28.7 Å². The summed E-state index contributed by atoms with van der Waals surface area (Å²) in [6.07, 6.45) is 9.51. The summed E-state index contributed by atoms with van der Waals surface area (Å²) in [5.41, 5.74) is 5.96. The van der Waals surface area contributed by atoms with E-state index in [0.29, 0.717) is 11.5 Å². The Kier molecular flexibility index (Phi) is 5.53. The Morgan fingerprint density at radius 3 is 2.40 bits per heavy atom. The van der Waals surface area contributed by atoms with Gasteiger partial charge in [-0.2, -0.15) is 5.26 Å². The Labute approximate surface area is 123 Å². The first kappa shape index (κ1) is 16.0. The first-order valence-electron chi connectivity index (χ1n) is 6.89. The third-order valence-corrected chi connectivity index (χ3v) is 3.46. The van der Waals surface area contributed by atoms with E-state index in [-0.39, 0.29) is 0 Å². The molecule has 0 aliphatic heterocycles. The maximum atomic E-state index is 9.23. The minimum Gasteiger partial charge on any atom is -0.192 e. The van der Waals surface area contributed by atoms with Crippen LogP contribution >= 0.6 is 0 Å². The highest BCUT2D eigenvalue weighted by molar-refractivity contribution is 5.60. The molecule has 0 radical (unpaired) electrons. The first-order chi connectivity index (χ1) is 9.38. The molecule has 20 heavy (non-hydrogen) atoms. The molecule has 0 aromatic rings. The van der Waals surface area contributed by atoms with Gasteiger partial charge >= 0.3 is 0 Å². The minimum atomic E-state index is 0.291. The Morgan fingerprint density at radius 2 is 2.00 bits per heavy atom. The van der Waals surface area contributed by atoms with Crippen molar-refractivity contribution in [3.8, 4) is 6.07 Å². The van der Waals surface area contributed by atoms with Crippen LogP contribution in [0.1, 0.15) is 34.1 Å². The van der Waals surface area contributed by atoms with Crippen molar-refractivity contribution < 1.29 is 0 Å². The number of rotatable bonds is 5. The zero-order valence-corrected chi connectivity index (χ0v) is 13.0. The fourth-order valence-corrected chi connectivity index (χ4v) is 2.48. The number of nitrogens with zero attached hydrogens (tertiary/aromatic N) is 1. The van der Waals surface area contributed by atoms with Gasteiger partial charge in [0.2, 0.25) is 0 Å². The molecule has 0 bridgehead atoms. The minimum absolute atomic E-state index is 0.291. The molecule has 104 valence electrons. The lowest BCUT2D eigenvalue weighted by Gasteiger charge is -2.17. The standard InChI is InChI=1S/C19H23N/c1-13(2)19(14(3)4)18(16(6)12-20)11-15(5)17-9-7-8-10-17/h7-9,11,15H,1,6,10H2,2-5H3/b18-11-. The highest BCUT2D eigenvalue weighted by atomic mass is 14.3. The highest BCUT2D eigenvalue weighted by Gasteiger charge is 2.15. The maximum Gasteiger partial charge on any atom is 0.0991 e. The van der Waals surface area contributed by atoms with Crippen LogP contribution in [-0.4, -0.2) is 0 Å². The smallest absolute Gasteiger partial charge is 0.0991 e. The fraction of sp³-hybridized carbons (Fsp3) is 0.316. The van der Waals surface area contributed by atoms with Crippen LogP contribution in [0.4, 0.5) is 0 Å². The van der Waals surface area contributed by atoms with Crippen molar-refractivity contribution in [3.05, 3.63) is 70.9 Å². The van der Waals surface area contributed by atoms with Crippen LogP contribution in [0.5, 0.6) is 0 Å². The molecule has 0 aromatic heterocycles. The van der Waals surface area contributed by atoms with E-state index in [1.165, 1.54) is 5.57 Å². The van der Waals surface area contributed by atoms with E-state index in [1.807, 2.05) is 20.8 Å². The normalized spacial score (nSPS) is 15.3. The molecule has 1 nitrogen and oxygen atoms in total. The maximum absolute atomic E-state index is 9.23. The van der Waals surface area contributed by atoms with E-state index in [4.69, 9.17) is 0 Å². The van der Waals surface area contributed by atoms with E-state index >= 15 is 0 Å². The zero-order valence-electron chi connectivity index (χ0n) is 13.0. The monoisotopic (exact) mass is 265 g/mol. The molecular formula is C19H23N. The van der Waals surface area contributed by atoms with Crippen LogP contribution in [0.25, 0.3) is 0 Å². The molecule has 1 heteroatoms. The second-order valence-corrected chi connectivity index (χ2v) is 5.49. The van der Waals surface area contributed by atoms with Gasteiger partial charge < -0.3 is 0 Å². The van der Waals surface area contributed by atoms with E-state index < -0.39 is 0 Å². The van der Waals surface area contributed by atoms with E-state index in [9.17, 15) is 5.26 Å². The lowest BCUT2D eigenvalue weighted by molar-refractivity contribution is 0.834. The molecule has 0 aromatic carbocycles. The van der Waals surface area contributed by atoms with Crippen LogP contribution in [0.15, 0.2) is 70.9 Å². The molecule has 1 rings (SSSR count). The molecule has 0 fully saturated rings. The second-order valence-electron chi connectivity index (χ2n) is 5.49. The fourth-order valence-electron chi connectivity index (χ4n) is 2.48. The molecule has 0 saturated heterocycles. The summed E-state index contributed by atoms with van der Waals surface area (Å²) in [6, 6.07) is 2.18. The summed E-state index contributed by atoms with van der Waals surface area (Å²) < 4.78 is 0. The van der Waals surface area contributed by atoms with Gasteiger partial charge in [-0.15, -0.1) is 0 Å². The van der Waals surface area contributed by atoms with Crippen LogP contribution in [0.3, 0.4) is 0 Å². The van der Waals surface area contributed by atoms with Crippen LogP contribution in [0, 0.1) is 17.2 Å². The van der Waals surface area contributed by atoms with Gasteiger partial charge in [-0.1, -0.05) is 61.1 Å². The summed E-state index contributed by atoms with van der Waals surface area (Å²) in [5.74, 6) is 0.291. The van der Waals surface area contributed by atoms with Crippen molar-refractivity contribution in [2.45, 2.75) is 34.1 Å². The lowest BCUT2D eigenvalue weighted by Crippen LogP contribution is -2.01. The van der Waals surface area contributed by atoms with Crippen molar-refractivity contribution >= 4 is 0 Å². The predicted molar refractivity (Wildman–Crippen MR) is 87.0 cm³/mol. The molecular weight excluding hydrogens is 242 g/mol. The molecule has 1 aliphatic rings. The Bertz CT molecular complexity index is 582. The average molecular weight is 265 g/mol. The lowest BCUT2D eigenvalue weighted by atomic mass is 9.87. The van der Waals surface area contributed by atoms with Gasteiger partial charge in [-0.05, 0) is 44.3 Å². The molecule has 0 N–H and O–H groups in total. The van der Waals surface area contributed by atoms with Crippen LogP contribution in [-0.2, 0) is 0 Å².